The van der Waals surface area contributed by atoms with Gasteiger partial charge in [0.25, 0.3) is 0 Å². The number of hydrogen-bond acceptors (Lipinski definition) is 2. The van der Waals surface area contributed by atoms with E-state index in [4.69, 9.17) is 4.74 Å². The molecule has 0 saturated carbocycles. The first-order valence-electron chi connectivity index (χ1n) is 8.77. The minimum absolute atomic E-state index is 0.0494. The van der Waals surface area contributed by atoms with Crippen LogP contribution < -0.4 is 15.4 Å². The molecule has 2 N–H and O–H groups in total. The van der Waals surface area contributed by atoms with Gasteiger partial charge in [-0.15, -0.1) is 0 Å². The van der Waals surface area contributed by atoms with Crippen LogP contribution in [0.25, 0.3) is 0 Å². The highest BCUT2D eigenvalue weighted by molar-refractivity contribution is 5.91. The minimum atomic E-state index is -0.226. The number of carbonyl (C=O) groups excluding carboxylic acids is 1. The van der Waals surface area contributed by atoms with Gasteiger partial charge in [0.1, 0.15) is 5.75 Å². The third-order valence-electron chi connectivity index (χ3n) is 4.54. The molecule has 26 heavy (non-hydrogen) atoms. The molecule has 0 aromatic heterocycles. The number of hydrogen-bond donors (Lipinski definition) is 2. The van der Waals surface area contributed by atoms with Crippen LogP contribution in [0.5, 0.6) is 11.5 Å². The van der Waals surface area contributed by atoms with Crippen molar-refractivity contribution in [1.82, 2.24) is 5.32 Å². The number of aryl methyl sites for hydroxylation is 1. The third kappa shape index (κ3) is 3.54. The van der Waals surface area contributed by atoms with Crippen LogP contribution in [0.2, 0.25) is 0 Å². The molecule has 1 aliphatic rings. The van der Waals surface area contributed by atoms with E-state index >= 15 is 0 Å². The Labute approximate surface area is 152 Å². The highest BCUT2D eigenvalue weighted by Gasteiger charge is 2.23. The van der Waals surface area contributed by atoms with Crippen LogP contribution in [0.3, 0.4) is 0 Å². The number of anilines is 1. The smallest absolute Gasteiger partial charge is 0.319 e. The number of carbonyl (C=O) groups is 1. The predicted octanol–water partition coefficient (Wildman–Crippen LogP) is 5.29. The molecule has 1 atom stereocenters. The van der Waals surface area contributed by atoms with E-state index in [1.165, 1.54) is 11.1 Å². The molecule has 4 nitrogen and oxygen atoms in total. The molecular weight excluding hydrogens is 324 g/mol. The number of nitrogens with one attached hydrogen (secondary N) is 2. The van der Waals surface area contributed by atoms with Crippen LogP contribution in [0.4, 0.5) is 10.5 Å². The van der Waals surface area contributed by atoms with Crippen LogP contribution in [0.1, 0.15) is 23.6 Å². The molecule has 0 bridgehead atoms. The summed E-state index contributed by atoms with van der Waals surface area (Å²) in [6, 6.07) is 25.0. The number of fused-ring (bicyclic) bond motifs is 1. The molecule has 0 fully saturated rings. The quantitative estimate of drug-likeness (QED) is 0.676. The predicted molar refractivity (Wildman–Crippen MR) is 103 cm³/mol. The lowest BCUT2D eigenvalue weighted by atomic mass is 10.1. The zero-order valence-corrected chi connectivity index (χ0v) is 14.3. The van der Waals surface area contributed by atoms with Gasteiger partial charge in [-0.1, -0.05) is 54.6 Å². The summed E-state index contributed by atoms with van der Waals surface area (Å²) in [6.45, 7) is 0. The Morgan fingerprint density at radius 1 is 0.885 bits per heavy atom. The van der Waals surface area contributed by atoms with Gasteiger partial charge in [-0.3, -0.25) is 0 Å². The lowest BCUT2D eigenvalue weighted by Gasteiger charge is -2.16. The summed E-state index contributed by atoms with van der Waals surface area (Å²) >= 11 is 0. The normalized spacial score (nSPS) is 15.2. The highest BCUT2D eigenvalue weighted by atomic mass is 16.5. The number of ether oxygens (including phenoxy) is 1. The SMILES string of the molecule is O=C(Nc1ccccc1Oc1ccccc1)NC1CCc2ccccc21. The fourth-order valence-electron chi connectivity index (χ4n) is 3.30. The zero-order chi connectivity index (χ0) is 17.8. The second-order valence-corrected chi connectivity index (χ2v) is 6.30. The Kier molecular flexibility index (Phi) is 4.56. The number of amides is 2. The van der Waals surface area contributed by atoms with Gasteiger partial charge in [0.15, 0.2) is 5.75 Å². The fourth-order valence-corrected chi connectivity index (χ4v) is 3.30. The Bertz CT molecular complexity index is 909. The van der Waals surface area contributed by atoms with Gasteiger partial charge in [0, 0.05) is 0 Å². The van der Waals surface area contributed by atoms with E-state index in [1.54, 1.807) is 0 Å². The minimum Gasteiger partial charge on any atom is -0.455 e. The summed E-state index contributed by atoms with van der Waals surface area (Å²) in [5.74, 6) is 1.34. The molecule has 0 heterocycles. The van der Waals surface area contributed by atoms with Crippen molar-refractivity contribution in [2.45, 2.75) is 18.9 Å². The van der Waals surface area contributed by atoms with E-state index in [1.807, 2.05) is 66.7 Å². The van der Waals surface area contributed by atoms with Crippen LogP contribution in [-0.4, -0.2) is 6.03 Å². The van der Waals surface area contributed by atoms with Crippen molar-refractivity contribution >= 4 is 11.7 Å². The van der Waals surface area contributed by atoms with Gasteiger partial charge in [0.2, 0.25) is 0 Å². The highest BCUT2D eigenvalue weighted by Crippen LogP contribution is 2.32. The first-order valence-corrected chi connectivity index (χ1v) is 8.77. The van der Waals surface area contributed by atoms with Gasteiger partial charge in [0.05, 0.1) is 11.7 Å². The molecule has 1 aliphatic carbocycles. The van der Waals surface area contributed by atoms with Crippen molar-refractivity contribution in [3.63, 3.8) is 0 Å². The van der Waals surface area contributed by atoms with Crippen LogP contribution >= 0.6 is 0 Å². The maximum Gasteiger partial charge on any atom is 0.319 e. The van der Waals surface area contributed by atoms with Crippen molar-refractivity contribution in [2.75, 3.05) is 5.32 Å². The van der Waals surface area contributed by atoms with Gasteiger partial charge >= 0.3 is 6.03 Å². The average Bonchev–Trinajstić information content (AvgIpc) is 3.07. The Morgan fingerprint density at radius 2 is 1.62 bits per heavy atom. The maximum atomic E-state index is 12.5. The number of para-hydroxylation sites is 3. The Morgan fingerprint density at radius 3 is 2.50 bits per heavy atom. The second kappa shape index (κ2) is 7.31. The van der Waals surface area contributed by atoms with Crippen LogP contribution in [0, 0.1) is 0 Å². The van der Waals surface area contributed by atoms with Gasteiger partial charge in [-0.05, 0) is 48.2 Å². The third-order valence-corrected chi connectivity index (χ3v) is 4.54. The molecule has 0 spiro atoms. The van der Waals surface area contributed by atoms with Crippen molar-refractivity contribution < 1.29 is 9.53 Å². The lowest BCUT2D eigenvalue weighted by Crippen LogP contribution is -2.31. The maximum absolute atomic E-state index is 12.5. The average molecular weight is 344 g/mol. The second-order valence-electron chi connectivity index (χ2n) is 6.30. The van der Waals surface area contributed by atoms with Gasteiger partial charge in [-0.2, -0.15) is 0 Å². The topological polar surface area (TPSA) is 50.4 Å². The Balaban J connectivity index is 1.45. The first kappa shape index (κ1) is 16.2. The first-order chi connectivity index (χ1) is 12.8. The summed E-state index contributed by atoms with van der Waals surface area (Å²) in [5.41, 5.74) is 3.15. The number of urea groups is 1. The molecule has 130 valence electrons. The molecule has 3 aromatic carbocycles. The Hall–Kier alpha value is -3.27. The van der Waals surface area contributed by atoms with Crippen molar-refractivity contribution in [3.8, 4) is 11.5 Å². The number of rotatable bonds is 4. The zero-order valence-electron chi connectivity index (χ0n) is 14.3. The molecule has 3 aromatic rings. The van der Waals surface area contributed by atoms with Gasteiger partial charge in [-0.25, -0.2) is 4.79 Å². The molecule has 4 rings (SSSR count). The summed E-state index contributed by atoms with van der Waals surface area (Å²) < 4.78 is 5.89. The van der Waals surface area contributed by atoms with E-state index in [2.05, 4.69) is 22.8 Å². The van der Waals surface area contributed by atoms with Gasteiger partial charge < -0.3 is 15.4 Å². The van der Waals surface area contributed by atoms with Crippen molar-refractivity contribution in [1.29, 1.82) is 0 Å². The van der Waals surface area contributed by atoms with Crippen LogP contribution in [-0.2, 0) is 6.42 Å². The molecule has 0 radical (unpaired) electrons. The van der Waals surface area contributed by atoms with Crippen LogP contribution in [0.15, 0.2) is 78.9 Å². The standard InChI is InChI=1S/C22H20N2O2/c25-22(23-19-15-14-16-8-4-5-11-18(16)19)24-20-12-6-7-13-21(20)26-17-9-2-1-3-10-17/h1-13,19H,14-15H2,(H2,23,24,25). The monoisotopic (exact) mass is 344 g/mol. The van der Waals surface area contributed by atoms with E-state index in [0.29, 0.717) is 11.4 Å². The van der Waals surface area contributed by atoms with E-state index in [0.717, 1.165) is 18.6 Å². The van der Waals surface area contributed by atoms with E-state index in [9.17, 15) is 4.79 Å². The van der Waals surface area contributed by atoms with Crippen molar-refractivity contribution in [3.05, 3.63) is 90.0 Å². The molecule has 2 amide bonds. The molecular formula is C22H20N2O2. The molecule has 0 saturated heterocycles. The summed E-state index contributed by atoms with van der Waals surface area (Å²) in [7, 11) is 0. The fraction of sp³-hybridized carbons (Fsp3) is 0.136. The summed E-state index contributed by atoms with van der Waals surface area (Å²) in [5, 5.41) is 5.98. The summed E-state index contributed by atoms with van der Waals surface area (Å²) in [4.78, 5) is 12.5. The van der Waals surface area contributed by atoms with Crippen molar-refractivity contribution in [2.24, 2.45) is 0 Å². The van der Waals surface area contributed by atoms with E-state index in [-0.39, 0.29) is 12.1 Å². The van der Waals surface area contributed by atoms with E-state index < -0.39 is 0 Å². The summed E-state index contributed by atoms with van der Waals surface area (Å²) in [6.07, 6.45) is 1.92. The lowest BCUT2D eigenvalue weighted by molar-refractivity contribution is 0.248. The largest absolute Gasteiger partial charge is 0.455 e. The molecule has 4 heteroatoms. The molecule has 1 unspecified atom stereocenters. The molecule has 0 aliphatic heterocycles. The number of benzene rings is 3.